The Morgan fingerprint density at radius 2 is 1.63 bits per heavy atom. The molecule has 0 spiro atoms. The van der Waals surface area contributed by atoms with Crippen molar-refractivity contribution in [1.29, 1.82) is 0 Å². The summed E-state index contributed by atoms with van der Waals surface area (Å²) >= 11 is 0. The monoisotopic (exact) mass is 410 g/mol. The number of carbonyl (C=O) groups excluding carboxylic acids is 2. The van der Waals surface area contributed by atoms with Crippen LogP contribution in [0.2, 0.25) is 0 Å². The number of aliphatic hydroxyl groups excluding tert-OH is 1. The number of carbonyl (C=O) groups is 3. The second-order valence-electron chi connectivity index (χ2n) is 7.47. The number of nitrogens with one attached hydrogen (secondary N) is 1. The molecule has 1 heterocycles. The molecule has 4 rings (SSSR count). The van der Waals surface area contributed by atoms with Crippen LogP contribution in [0, 0.1) is 0 Å². The van der Waals surface area contributed by atoms with Crippen molar-refractivity contribution in [3.05, 3.63) is 59.7 Å². The molecule has 8 nitrogen and oxygen atoms in total. The lowest BCUT2D eigenvalue weighted by Gasteiger charge is -2.21. The molecule has 0 unspecified atom stereocenters. The van der Waals surface area contributed by atoms with Gasteiger partial charge in [0.2, 0.25) is 5.91 Å². The molecule has 1 aliphatic heterocycles. The number of hydrogen-bond donors (Lipinski definition) is 3. The van der Waals surface area contributed by atoms with Crippen molar-refractivity contribution in [3.63, 3.8) is 0 Å². The largest absolute Gasteiger partial charge is 0.480 e. The van der Waals surface area contributed by atoms with Gasteiger partial charge in [-0.1, -0.05) is 48.5 Å². The van der Waals surface area contributed by atoms with Gasteiger partial charge >= 0.3 is 12.1 Å². The number of β-amino-alcohol motifs (C(OH)–C–C–N with tert-alkyl or cyclic N) is 1. The summed E-state index contributed by atoms with van der Waals surface area (Å²) in [5.74, 6) is -1.85. The van der Waals surface area contributed by atoms with Crippen LogP contribution in [0.1, 0.15) is 23.5 Å². The summed E-state index contributed by atoms with van der Waals surface area (Å²) < 4.78 is 5.36. The van der Waals surface area contributed by atoms with Gasteiger partial charge in [-0.15, -0.1) is 0 Å². The van der Waals surface area contributed by atoms with Crippen LogP contribution in [0.25, 0.3) is 11.1 Å². The Morgan fingerprint density at radius 3 is 2.23 bits per heavy atom. The first-order chi connectivity index (χ1) is 14.5. The quantitative estimate of drug-likeness (QED) is 0.689. The Bertz CT molecular complexity index is 946. The van der Waals surface area contributed by atoms with Crippen molar-refractivity contribution in [1.82, 2.24) is 10.2 Å². The molecule has 30 heavy (non-hydrogen) atoms. The van der Waals surface area contributed by atoms with E-state index in [1.54, 1.807) is 0 Å². The number of ether oxygens (including phenoxy) is 1. The fourth-order valence-electron chi connectivity index (χ4n) is 4.22. The summed E-state index contributed by atoms with van der Waals surface area (Å²) in [6.07, 6.45) is -1.66. The molecule has 0 bridgehead atoms. The summed E-state index contributed by atoms with van der Waals surface area (Å²) in [5, 5.41) is 21.2. The van der Waals surface area contributed by atoms with E-state index in [0.29, 0.717) is 0 Å². The van der Waals surface area contributed by atoms with Crippen molar-refractivity contribution in [3.8, 4) is 11.1 Å². The minimum Gasteiger partial charge on any atom is -0.480 e. The van der Waals surface area contributed by atoms with Crippen LogP contribution >= 0.6 is 0 Å². The smallest absolute Gasteiger partial charge is 0.407 e. The van der Waals surface area contributed by atoms with Gasteiger partial charge in [-0.3, -0.25) is 4.79 Å². The van der Waals surface area contributed by atoms with Crippen molar-refractivity contribution in [2.45, 2.75) is 24.5 Å². The molecule has 0 saturated carbocycles. The molecule has 2 atom stereocenters. The number of carboxylic acid groups (broad SMARTS) is 1. The number of benzene rings is 2. The second kappa shape index (κ2) is 8.16. The van der Waals surface area contributed by atoms with Gasteiger partial charge in [0, 0.05) is 18.9 Å². The zero-order chi connectivity index (χ0) is 21.3. The lowest BCUT2D eigenvalue weighted by atomic mass is 9.98. The number of hydrogen-bond acceptors (Lipinski definition) is 5. The van der Waals surface area contributed by atoms with Crippen LogP contribution < -0.4 is 5.32 Å². The van der Waals surface area contributed by atoms with Crippen molar-refractivity contribution >= 4 is 18.0 Å². The van der Waals surface area contributed by atoms with Gasteiger partial charge in [-0.2, -0.15) is 0 Å². The van der Waals surface area contributed by atoms with Crippen LogP contribution in [-0.2, 0) is 14.3 Å². The van der Waals surface area contributed by atoms with Crippen molar-refractivity contribution in [2.24, 2.45) is 0 Å². The Labute approximate surface area is 173 Å². The summed E-state index contributed by atoms with van der Waals surface area (Å²) in [4.78, 5) is 36.7. The van der Waals surface area contributed by atoms with E-state index < -0.39 is 36.7 Å². The molecule has 2 aliphatic rings. The average molecular weight is 410 g/mol. The van der Waals surface area contributed by atoms with Gasteiger partial charge in [0.1, 0.15) is 19.2 Å². The fourth-order valence-corrected chi connectivity index (χ4v) is 4.22. The summed E-state index contributed by atoms with van der Waals surface area (Å²) in [5.41, 5.74) is 4.39. The van der Waals surface area contributed by atoms with E-state index in [2.05, 4.69) is 5.32 Å². The fraction of sp³-hybridized carbons (Fsp3) is 0.318. The first-order valence-electron chi connectivity index (χ1n) is 9.75. The molecule has 1 aliphatic carbocycles. The highest BCUT2D eigenvalue weighted by atomic mass is 16.5. The highest BCUT2D eigenvalue weighted by Gasteiger charge is 2.38. The highest BCUT2D eigenvalue weighted by molar-refractivity contribution is 5.87. The van der Waals surface area contributed by atoms with E-state index in [9.17, 15) is 24.6 Å². The van der Waals surface area contributed by atoms with Gasteiger partial charge in [0.15, 0.2) is 0 Å². The third-order valence-corrected chi connectivity index (χ3v) is 5.61. The highest BCUT2D eigenvalue weighted by Crippen LogP contribution is 2.44. The van der Waals surface area contributed by atoms with E-state index >= 15 is 0 Å². The number of aliphatic carboxylic acids is 1. The first kappa shape index (κ1) is 19.9. The van der Waals surface area contributed by atoms with E-state index in [4.69, 9.17) is 4.74 Å². The molecule has 0 aromatic heterocycles. The average Bonchev–Trinajstić information content (AvgIpc) is 3.29. The van der Waals surface area contributed by atoms with Gasteiger partial charge in [-0.25, -0.2) is 9.59 Å². The predicted octanol–water partition coefficient (Wildman–Crippen LogP) is 1.57. The predicted molar refractivity (Wildman–Crippen MR) is 107 cm³/mol. The summed E-state index contributed by atoms with van der Waals surface area (Å²) in [6, 6.07) is 14.8. The third kappa shape index (κ3) is 3.73. The topological polar surface area (TPSA) is 116 Å². The number of carboxylic acids is 1. The van der Waals surface area contributed by atoms with E-state index in [1.165, 1.54) is 0 Å². The lowest BCUT2D eigenvalue weighted by Crippen LogP contribution is -2.45. The number of rotatable bonds is 5. The zero-order valence-electron chi connectivity index (χ0n) is 16.2. The molecule has 2 aromatic carbocycles. The lowest BCUT2D eigenvalue weighted by molar-refractivity contribution is -0.147. The van der Waals surface area contributed by atoms with Crippen molar-refractivity contribution in [2.75, 3.05) is 19.7 Å². The zero-order valence-corrected chi connectivity index (χ0v) is 16.2. The van der Waals surface area contributed by atoms with Crippen LogP contribution in [-0.4, -0.2) is 64.9 Å². The number of fused-ring (bicyclic) bond motifs is 3. The summed E-state index contributed by atoms with van der Waals surface area (Å²) in [6.45, 7) is -0.344. The third-order valence-electron chi connectivity index (χ3n) is 5.61. The number of aliphatic hydroxyl groups is 1. The molecule has 0 radical (unpaired) electrons. The Balaban J connectivity index is 1.35. The first-order valence-corrected chi connectivity index (χ1v) is 9.75. The Kier molecular flexibility index (Phi) is 5.41. The van der Waals surface area contributed by atoms with E-state index in [1.807, 2.05) is 48.5 Å². The maximum absolute atomic E-state index is 12.3. The molecule has 1 fully saturated rings. The maximum Gasteiger partial charge on any atom is 0.407 e. The van der Waals surface area contributed by atoms with Crippen LogP contribution in [0.4, 0.5) is 4.79 Å². The number of likely N-dealkylation sites (tertiary alicyclic amines) is 1. The number of nitrogens with zero attached hydrogens (tertiary/aromatic N) is 1. The molecular weight excluding hydrogens is 388 g/mol. The number of alkyl carbamates (subject to hydrolysis) is 1. The van der Waals surface area contributed by atoms with Gasteiger partial charge in [0.25, 0.3) is 0 Å². The Hall–Kier alpha value is -3.39. The second-order valence-corrected chi connectivity index (χ2v) is 7.47. The van der Waals surface area contributed by atoms with E-state index in [0.717, 1.165) is 27.2 Å². The van der Waals surface area contributed by atoms with E-state index in [-0.39, 0.29) is 25.5 Å². The molecule has 3 N–H and O–H groups in total. The SMILES string of the molecule is O=C(NCC(=O)N1C[C@H](O)C[C@H]1C(=O)O)OCC1c2ccccc2-c2ccccc21. The standard InChI is InChI=1S/C22H22N2O6/c25-13-9-19(21(27)28)24(11-13)20(26)10-23-22(29)30-12-18-16-7-3-1-5-14(16)15-6-2-4-8-17(15)18/h1-8,13,18-19,25H,9-12H2,(H,23,29)(H,27,28)/t13-,19+/m1/s1. The van der Waals surface area contributed by atoms with Crippen molar-refractivity contribution < 1.29 is 29.3 Å². The number of amides is 2. The minimum atomic E-state index is -1.18. The maximum atomic E-state index is 12.3. The van der Waals surface area contributed by atoms with Gasteiger partial charge in [0.05, 0.1) is 6.10 Å². The van der Waals surface area contributed by atoms with Gasteiger partial charge in [-0.05, 0) is 22.3 Å². The van der Waals surface area contributed by atoms with Gasteiger partial charge < -0.3 is 25.2 Å². The van der Waals surface area contributed by atoms with Crippen LogP contribution in [0.3, 0.4) is 0 Å². The summed E-state index contributed by atoms with van der Waals surface area (Å²) in [7, 11) is 0. The minimum absolute atomic E-state index is 0.0218. The normalized spacial score (nSPS) is 19.8. The Morgan fingerprint density at radius 1 is 1.03 bits per heavy atom. The van der Waals surface area contributed by atoms with Crippen LogP contribution in [0.5, 0.6) is 0 Å². The molecule has 1 saturated heterocycles. The molecule has 2 amide bonds. The molecule has 2 aromatic rings. The molecule has 156 valence electrons. The molecule has 8 heteroatoms. The van der Waals surface area contributed by atoms with Crippen LogP contribution in [0.15, 0.2) is 48.5 Å². The molecular formula is C22H22N2O6.